The van der Waals surface area contributed by atoms with Gasteiger partial charge in [0.1, 0.15) is 5.75 Å². The van der Waals surface area contributed by atoms with E-state index in [1.165, 1.54) is 6.07 Å². The zero-order valence-corrected chi connectivity index (χ0v) is 11.4. The van der Waals surface area contributed by atoms with Crippen LogP contribution < -0.4 is 4.74 Å². The molecule has 1 aromatic carbocycles. The van der Waals surface area contributed by atoms with E-state index in [1.807, 2.05) is 6.92 Å². The van der Waals surface area contributed by atoms with Crippen LogP contribution in [0.3, 0.4) is 0 Å². The Balaban J connectivity index is 3.23. The lowest BCUT2D eigenvalue weighted by molar-refractivity contribution is 0.0513. The second-order valence-electron chi connectivity index (χ2n) is 4.04. The monoisotopic (exact) mass is 266 g/mol. The van der Waals surface area contributed by atoms with Crippen molar-refractivity contribution in [3.63, 3.8) is 0 Å². The van der Waals surface area contributed by atoms with Crippen LogP contribution in [0.25, 0.3) is 0 Å². The van der Waals surface area contributed by atoms with E-state index in [1.54, 1.807) is 19.9 Å². The molecule has 0 amide bonds. The molecule has 0 unspecified atom stereocenters. The summed E-state index contributed by atoms with van der Waals surface area (Å²) < 4.78 is 10.3. The zero-order chi connectivity index (χ0) is 14.4. The maximum Gasteiger partial charge on any atom is 0.339 e. The number of carboxylic acids is 1. The third-order valence-corrected chi connectivity index (χ3v) is 2.49. The van der Waals surface area contributed by atoms with Gasteiger partial charge in [0.25, 0.3) is 0 Å². The van der Waals surface area contributed by atoms with Crippen LogP contribution in [0.15, 0.2) is 12.1 Å². The molecule has 0 saturated carbocycles. The van der Waals surface area contributed by atoms with E-state index in [0.29, 0.717) is 17.9 Å². The minimum atomic E-state index is -1.17. The van der Waals surface area contributed by atoms with E-state index in [-0.39, 0.29) is 17.7 Å². The number of aromatic carboxylic acids is 1. The summed E-state index contributed by atoms with van der Waals surface area (Å²) in [6.07, 6.45) is 0.821. The molecule has 0 fully saturated rings. The molecule has 0 aliphatic carbocycles. The zero-order valence-electron chi connectivity index (χ0n) is 11.4. The number of carbonyl (C=O) groups is 2. The quantitative estimate of drug-likeness (QED) is 0.801. The summed E-state index contributed by atoms with van der Waals surface area (Å²) in [5, 5.41) is 9.19. The average Bonchev–Trinajstić information content (AvgIpc) is 2.35. The first-order valence-electron chi connectivity index (χ1n) is 6.19. The fourth-order valence-electron chi connectivity index (χ4n) is 1.70. The Bertz CT molecular complexity index is 479. The van der Waals surface area contributed by atoms with Crippen LogP contribution >= 0.6 is 0 Å². The number of rotatable bonds is 6. The summed E-state index contributed by atoms with van der Waals surface area (Å²) in [7, 11) is 0. The molecule has 0 aliphatic heterocycles. The van der Waals surface area contributed by atoms with Gasteiger partial charge in [-0.3, -0.25) is 0 Å². The fourth-order valence-corrected chi connectivity index (χ4v) is 1.70. The lowest BCUT2D eigenvalue weighted by Crippen LogP contribution is -2.14. The van der Waals surface area contributed by atoms with E-state index in [9.17, 15) is 14.7 Å². The highest BCUT2D eigenvalue weighted by atomic mass is 16.5. The summed E-state index contributed by atoms with van der Waals surface area (Å²) in [6, 6.07) is 3.01. The van der Waals surface area contributed by atoms with Crippen molar-refractivity contribution in [2.45, 2.75) is 27.2 Å². The molecule has 1 rings (SSSR count). The Labute approximate surface area is 112 Å². The van der Waals surface area contributed by atoms with Crippen LogP contribution in [0, 0.1) is 6.92 Å². The van der Waals surface area contributed by atoms with Gasteiger partial charge >= 0.3 is 11.9 Å². The first kappa shape index (κ1) is 15.0. The Morgan fingerprint density at radius 2 is 1.95 bits per heavy atom. The van der Waals surface area contributed by atoms with Gasteiger partial charge in [-0.2, -0.15) is 0 Å². The predicted molar refractivity (Wildman–Crippen MR) is 69.9 cm³/mol. The molecule has 0 aliphatic rings. The van der Waals surface area contributed by atoms with Gasteiger partial charge in [-0.25, -0.2) is 9.59 Å². The van der Waals surface area contributed by atoms with E-state index >= 15 is 0 Å². The molecule has 0 radical (unpaired) electrons. The summed E-state index contributed by atoms with van der Waals surface area (Å²) in [6.45, 7) is 5.99. The average molecular weight is 266 g/mol. The van der Waals surface area contributed by atoms with Crippen molar-refractivity contribution < 1.29 is 24.2 Å². The van der Waals surface area contributed by atoms with Crippen molar-refractivity contribution in [2.24, 2.45) is 0 Å². The first-order chi connectivity index (χ1) is 9.01. The Morgan fingerprint density at radius 1 is 1.26 bits per heavy atom. The lowest BCUT2D eigenvalue weighted by atomic mass is 10.0. The Hall–Kier alpha value is -2.04. The van der Waals surface area contributed by atoms with E-state index in [4.69, 9.17) is 9.47 Å². The van der Waals surface area contributed by atoms with Crippen LogP contribution in [0.5, 0.6) is 5.75 Å². The number of hydrogen-bond donors (Lipinski definition) is 1. The maximum absolute atomic E-state index is 11.8. The second-order valence-corrected chi connectivity index (χ2v) is 4.04. The highest BCUT2D eigenvalue weighted by molar-refractivity contribution is 6.03. The van der Waals surface area contributed by atoms with E-state index in [0.717, 1.165) is 6.42 Å². The first-order valence-corrected chi connectivity index (χ1v) is 6.19. The highest BCUT2D eigenvalue weighted by Crippen LogP contribution is 2.23. The molecule has 5 nitrogen and oxygen atoms in total. The molecular weight excluding hydrogens is 248 g/mol. The summed E-state index contributed by atoms with van der Waals surface area (Å²) in [4.78, 5) is 23.0. The fraction of sp³-hybridized carbons (Fsp3) is 0.429. The molecule has 5 heteroatoms. The van der Waals surface area contributed by atoms with Crippen molar-refractivity contribution in [1.82, 2.24) is 0 Å². The molecule has 0 spiro atoms. The van der Waals surface area contributed by atoms with Gasteiger partial charge in [-0.15, -0.1) is 0 Å². The largest absolute Gasteiger partial charge is 0.494 e. The molecule has 1 N–H and O–H groups in total. The van der Waals surface area contributed by atoms with Gasteiger partial charge in [0, 0.05) is 0 Å². The molecule has 19 heavy (non-hydrogen) atoms. The standard InChI is InChI=1S/C14H18O5/c1-4-6-19-10-7-9(3)12(14(17)18-5-2)11(8-10)13(15)16/h7-8H,4-6H2,1-3H3,(H,15,16). The van der Waals surface area contributed by atoms with Gasteiger partial charge in [-0.05, 0) is 38.0 Å². The third-order valence-electron chi connectivity index (χ3n) is 2.49. The van der Waals surface area contributed by atoms with Crippen molar-refractivity contribution in [3.05, 3.63) is 28.8 Å². The number of ether oxygens (including phenoxy) is 2. The number of carbonyl (C=O) groups excluding carboxylic acids is 1. The topological polar surface area (TPSA) is 72.8 Å². The molecule has 0 aromatic heterocycles. The number of carboxylic acid groups (broad SMARTS) is 1. The minimum Gasteiger partial charge on any atom is -0.494 e. The Kier molecular flexibility index (Phi) is 5.36. The Morgan fingerprint density at radius 3 is 2.47 bits per heavy atom. The number of hydrogen-bond acceptors (Lipinski definition) is 4. The molecular formula is C14H18O5. The number of benzene rings is 1. The van der Waals surface area contributed by atoms with Crippen molar-refractivity contribution >= 4 is 11.9 Å². The number of aryl methyl sites for hydroxylation is 1. The second kappa shape index (κ2) is 6.78. The van der Waals surface area contributed by atoms with E-state index < -0.39 is 11.9 Å². The molecule has 104 valence electrons. The van der Waals surface area contributed by atoms with Crippen LogP contribution in [-0.2, 0) is 4.74 Å². The lowest BCUT2D eigenvalue weighted by Gasteiger charge is -2.12. The molecule has 0 heterocycles. The molecule has 1 aromatic rings. The minimum absolute atomic E-state index is 0.0817. The van der Waals surface area contributed by atoms with Crippen LogP contribution in [-0.4, -0.2) is 30.3 Å². The SMILES string of the molecule is CCCOc1cc(C)c(C(=O)OCC)c(C(=O)O)c1. The third kappa shape index (κ3) is 3.71. The summed E-state index contributed by atoms with van der Waals surface area (Å²) in [5.41, 5.74) is 0.521. The molecule has 0 bridgehead atoms. The predicted octanol–water partition coefficient (Wildman–Crippen LogP) is 2.66. The summed E-state index contributed by atoms with van der Waals surface area (Å²) in [5.74, 6) is -1.35. The van der Waals surface area contributed by atoms with Gasteiger partial charge in [0.05, 0.1) is 24.3 Å². The number of esters is 1. The normalized spacial score (nSPS) is 10.1. The van der Waals surface area contributed by atoms with Crippen LogP contribution in [0.1, 0.15) is 46.5 Å². The van der Waals surface area contributed by atoms with Gasteiger partial charge in [-0.1, -0.05) is 6.92 Å². The summed E-state index contributed by atoms with van der Waals surface area (Å²) >= 11 is 0. The molecule has 0 atom stereocenters. The van der Waals surface area contributed by atoms with E-state index in [2.05, 4.69) is 0 Å². The van der Waals surface area contributed by atoms with Crippen molar-refractivity contribution in [1.29, 1.82) is 0 Å². The van der Waals surface area contributed by atoms with Gasteiger partial charge in [0.2, 0.25) is 0 Å². The maximum atomic E-state index is 11.8. The highest BCUT2D eigenvalue weighted by Gasteiger charge is 2.21. The van der Waals surface area contributed by atoms with Gasteiger partial charge < -0.3 is 14.6 Å². The van der Waals surface area contributed by atoms with Crippen molar-refractivity contribution in [2.75, 3.05) is 13.2 Å². The van der Waals surface area contributed by atoms with Crippen LogP contribution in [0.2, 0.25) is 0 Å². The van der Waals surface area contributed by atoms with Crippen molar-refractivity contribution in [3.8, 4) is 5.75 Å². The molecule has 0 saturated heterocycles. The van der Waals surface area contributed by atoms with Gasteiger partial charge in [0.15, 0.2) is 0 Å². The smallest absolute Gasteiger partial charge is 0.339 e. The van der Waals surface area contributed by atoms with Crippen LogP contribution in [0.4, 0.5) is 0 Å².